The third-order valence-corrected chi connectivity index (χ3v) is 5.81. The van der Waals surface area contributed by atoms with E-state index in [1.807, 2.05) is 30.0 Å². The predicted octanol–water partition coefficient (Wildman–Crippen LogP) is 4.80. The first-order valence-corrected chi connectivity index (χ1v) is 8.34. The van der Waals surface area contributed by atoms with Crippen molar-refractivity contribution in [2.24, 2.45) is 0 Å². The highest BCUT2D eigenvalue weighted by Gasteiger charge is 2.26. The van der Waals surface area contributed by atoms with Gasteiger partial charge in [-0.05, 0) is 49.4 Å². The molecule has 3 heterocycles. The van der Waals surface area contributed by atoms with Crippen molar-refractivity contribution in [2.45, 2.75) is 42.7 Å². The fourth-order valence-corrected chi connectivity index (χ4v) is 5.08. The molecule has 0 spiro atoms. The van der Waals surface area contributed by atoms with Gasteiger partial charge in [0.1, 0.15) is 0 Å². The topological polar surface area (TPSA) is 24.9 Å². The van der Waals surface area contributed by atoms with Gasteiger partial charge in [0.05, 0.1) is 21.6 Å². The van der Waals surface area contributed by atoms with Crippen LogP contribution in [-0.2, 0) is 0 Å². The second-order valence-electron chi connectivity index (χ2n) is 5.11. The summed E-state index contributed by atoms with van der Waals surface area (Å²) in [5.74, 6) is 0. The number of thioether (sulfide) groups is 1. The minimum atomic E-state index is 0.417. The number of hydrogen-bond acceptors (Lipinski definition) is 4. The summed E-state index contributed by atoms with van der Waals surface area (Å²) in [4.78, 5) is 4.54. The molecule has 0 fully saturated rings. The summed E-state index contributed by atoms with van der Waals surface area (Å²) in [6, 6.07) is 6.90. The number of aryl methyl sites for hydroxylation is 2. The normalized spacial score (nSPS) is 22.1. The molecule has 19 heavy (non-hydrogen) atoms. The maximum Gasteiger partial charge on any atom is 0.0653 e. The number of pyridine rings is 1. The molecule has 1 N–H and O–H groups in total. The van der Waals surface area contributed by atoms with Crippen molar-refractivity contribution in [1.82, 2.24) is 4.98 Å². The highest BCUT2D eigenvalue weighted by molar-refractivity contribution is 8.01. The number of fused-ring (bicyclic) bond motifs is 1. The molecule has 0 saturated carbocycles. The first kappa shape index (κ1) is 13.0. The number of hydrogen-bond donors (Lipinski definition) is 1. The Bertz CT molecular complexity index is 592. The molecule has 0 saturated heterocycles. The van der Waals surface area contributed by atoms with Gasteiger partial charge in [-0.15, -0.1) is 23.1 Å². The number of rotatable bonds is 2. The van der Waals surface area contributed by atoms with E-state index in [0.29, 0.717) is 11.3 Å². The summed E-state index contributed by atoms with van der Waals surface area (Å²) in [7, 11) is 0. The Morgan fingerprint density at radius 1 is 1.26 bits per heavy atom. The van der Waals surface area contributed by atoms with Crippen molar-refractivity contribution in [1.29, 1.82) is 0 Å². The Labute approximate surface area is 122 Å². The predicted molar refractivity (Wildman–Crippen MR) is 84.3 cm³/mol. The van der Waals surface area contributed by atoms with Crippen molar-refractivity contribution in [2.75, 3.05) is 5.32 Å². The van der Waals surface area contributed by atoms with E-state index < -0.39 is 0 Å². The first-order valence-electron chi connectivity index (χ1n) is 6.58. The smallest absolute Gasteiger partial charge is 0.0653 e. The maximum atomic E-state index is 4.54. The molecular weight excluding hydrogens is 272 g/mol. The van der Waals surface area contributed by atoms with Crippen LogP contribution in [0.15, 0.2) is 27.8 Å². The largest absolute Gasteiger partial charge is 0.377 e. The van der Waals surface area contributed by atoms with Crippen LogP contribution in [0.2, 0.25) is 0 Å². The summed E-state index contributed by atoms with van der Waals surface area (Å²) in [6.45, 7) is 6.42. The van der Waals surface area contributed by atoms with E-state index in [1.165, 1.54) is 16.2 Å². The Hall–Kier alpha value is -1.00. The average Bonchev–Trinajstić information content (AvgIpc) is 2.80. The summed E-state index contributed by atoms with van der Waals surface area (Å²) in [5, 5.41) is 6.55. The fraction of sp³-hybridized carbons (Fsp3) is 0.400. The lowest BCUT2D eigenvalue weighted by Gasteiger charge is -2.28. The van der Waals surface area contributed by atoms with Crippen LogP contribution in [0.1, 0.15) is 36.3 Å². The maximum absolute atomic E-state index is 4.54. The standard InChI is InChI=1S/C15H18N2S2/c1-9-4-5-13(11(3)16-9)17-14-8-10(2)19-15-12(14)6-7-18-15/h4-7,10,14,17H,8H2,1-3H3/t10-,14?/m0/s1. The molecule has 0 radical (unpaired) electrons. The van der Waals surface area contributed by atoms with Gasteiger partial charge in [0.15, 0.2) is 0 Å². The molecule has 1 unspecified atom stereocenters. The molecule has 0 aliphatic carbocycles. The Balaban J connectivity index is 1.88. The van der Waals surface area contributed by atoms with Gasteiger partial charge in [-0.2, -0.15) is 0 Å². The Morgan fingerprint density at radius 2 is 2.11 bits per heavy atom. The molecule has 2 nitrogen and oxygen atoms in total. The minimum absolute atomic E-state index is 0.417. The number of anilines is 1. The lowest BCUT2D eigenvalue weighted by molar-refractivity contribution is 0.668. The first-order chi connectivity index (χ1) is 9.13. The SMILES string of the molecule is Cc1ccc(NC2C[C@H](C)Sc3sccc32)c(C)n1. The number of nitrogens with zero attached hydrogens (tertiary/aromatic N) is 1. The second kappa shape index (κ2) is 5.17. The van der Waals surface area contributed by atoms with E-state index >= 15 is 0 Å². The zero-order chi connectivity index (χ0) is 13.4. The van der Waals surface area contributed by atoms with Crippen molar-refractivity contribution in [3.63, 3.8) is 0 Å². The molecule has 0 aromatic carbocycles. The monoisotopic (exact) mass is 290 g/mol. The van der Waals surface area contributed by atoms with Crippen LogP contribution >= 0.6 is 23.1 Å². The molecule has 4 heteroatoms. The van der Waals surface area contributed by atoms with Crippen molar-refractivity contribution in [3.8, 4) is 0 Å². The summed E-state index contributed by atoms with van der Waals surface area (Å²) in [6.07, 6.45) is 1.17. The van der Waals surface area contributed by atoms with E-state index in [1.54, 1.807) is 0 Å². The highest BCUT2D eigenvalue weighted by atomic mass is 32.2. The van der Waals surface area contributed by atoms with Crippen molar-refractivity contribution < 1.29 is 0 Å². The average molecular weight is 290 g/mol. The van der Waals surface area contributed by atoms with Crippen LogP contribution in [0.4, 0.5) is 5.69 Å². The molecule has 2 atom stereocenters. The Kier molecular flexibility index (Phi) is 3.54. The summed E-state index contributed by atoms with van der Waals surface area (Å²) < 4.78 is 1.47. The van der Waals surface area contributed by atoms with Gasteiger partial charge in [0.25, 0.3) is 0 Å². The minimum Gasteiger partial charge on any atom is -0.377 e. The zero-order valence-corrected chi connectivity index (χ0v) is 13.1. The van der Waals surface area contributed by atoms with Crippen LogP contribution in [0, 0.1) is 13.8 Å². The number of nitrogens with one attached hydrogen (secondary N) is 1. The van der Waals surface area contributed by atoms with Gasteiger partial charge in [0, 0.05) is 10.9 Å². The highest BCUT2D eigenvalue weighted by Crippen LogP contribution is 2.45. The third-order valence-electron chi connectivity index (χ3n) is 3.46. The van der Waals surface area contributed by atoms with Crippen LogP contribution in [0.5, 0.6) is 0 Å². The Morgan fingerprint density at radius 3 is 2.89 bits per heavy atom. The molecule has 3 rings (SSSR count). The van der Waals surface area contributed by atoms with Crippen molar-refractivity contribution >= 4 is 28.8 Å². The van der Waals surface area contributed by atoms with E-state index in [0.717, 1.165) is 17.1 Å². The van der Waals surface area contributed by atoms with E-state index in [2.05, 4.69) is 47.7 Å². The molecule has 1 aliphatic heterocycles. The van der Waals surface area contributed by atoms with Crippen LogP contribution in [0.3, 0.4) is 0 Å². The molecule has 0 amide bonds. The molecule has 2 aromatic heterocycles. The van der Waals surface area contributed by atoms with Gasteiger partial charge in [-0.1, -0.05) is 6.92 Å². The van der Waals surface area contributed by atoms with E-state index in [9.17, 15) is 0 Å². The molecule has 1 aliphatic rings. The lowest BCUT2D eigenvalue weighted by atomic mass is 10.0. The van der Waals surface area contributed by atoms with E-state index in [-0.39, 0.29) is 0 Å². The van der Waals surface area contributed by atoms with Crippen LogP contribution < -0.4 is 5.32 Å². The van der Waals surface area contributed by atoms with Gasteiger partial charge in [0.2, 0.25) is 0 Å². The van der Waals surface area contributed by atoms with Gasteiger partial charge < -0.3 is 5.32 Å². The summed E-state index contributed by atoms with van der Waals surface area (Å²) in [5.41, 5.74) is 4.77. The summed E-state index contributed by atoms with van der Waals surface area (Å²) >= 11 is 3.86. The molecular formula is C15H18N2S2. The molecule has 2 aromatic rings. The van der Waals surface area contributed by atoms with Gasteiger partial charge >= 0.3 is 0 Å². The third kappa shape index (κ3) is 2.65. The number of aromatic nitrogens is 1. The molecule has 100 valence electrons. The van der Waals surface area contributed by atoms with E-state index in [4.69, 9.17) is 0 Å². The number of thiophene rings is 1. The lowest BCUT2D eigenvalue weighted by Crippen LogP contribution is -2.19. The van der Waals surface area contributed by atoms with Crippen molar-refractivity contribution in [3.05, 3.63) is 40.5 Å². The zero-order valence-electron chi connectivity index (χ0n) is 11.4. The van der Waals surface area contributed by atoms with Crippen LogP contribution in [-0.4, -0.2) is 10.2 Å². The quantitative estimate of drug-likeness (QED) is 0.860. The van der Waals surface area contributed by atoms with Gasteiger partial charge in [-0.3, -0.25) is 4.98 Å². The second-order valence-corrected chi connectivity index (χ2v) is 7.73. The fourth-order valence-electron chi connectivity index (χ4n) is 2.51. The van der Waals surface area contributed by atoms with Gasteiger partial charge in [-0.25, -0.2) is 0 Å². The molecule has 0 bridgehead atoms. The van der Waals surface area contributed by atoms with Crippen LogP contribution in [0.25, 0.3) is 0 Å².